The minimum Gasteiger partial charge on any atom is -0.359 e. The Bertz CT molecular complexity index is 1060. The molecule has 0 radical (unpaired) electrons. The number of rotatable bonds is 4. The number of ether oxygens (including phenoxy) is 1. The normalized spacial score (nSPS) is 30.4. The van der Waals surface area contributed by atoms with Crippen LogP contribution in [0.3, 0.4) is 0 Å². The molecule has 1 aliphatic heterocycles. The predicted octanol–water partition coefficient (Wildman–Crippen LogP) is 6.40. The second-order valence-corrected chi connectivity index (χ2v) is 13.4. The standard InChI is InChI=1S/C29H31OPS/c1-28(2)21-17-18-29(28)20-32-27(30-26(29)19-21)24-15-9-10-16-25(24)31(22-11-5-3-6-12-22)23-13-7-4-8-14-23/h3-16,21,26-27H,17-20H2,1-2H3/t21-,26-,27-,29-/m1/s1. The van der Waals surface area contributed by atoms with E-state index in [1.807, 2.05) is 0 Å². The molecule has 2 aliphatic carbocycles. The third kappa shape index (κ3) is 3.14. The summed E-state index contributed by atoms with van der Waals surface area (Å²) >= 11 is 2.06. The average Bonchev–Trinajstić information content (AvgIpc) is 3.21. The van der Waals surface area contributed by atoms with E-state index < -0.39 is 7.92 Å². The molecule has 6 rings (SSSR count). The minimum absolute atomic E-state index is 0.134. The van der Waals surface area contributed by atoms with Gasteiger partial charge < -0.3 is 4.74 Å². The quantitative estimate of drug-likeness (QED) is 0.418. The molecule has 3 heteroatoms. The van der Waals surface area contributed by atoms with Crippen molar-refractivity contribution in [1.82, 2.24) is 0 Å². The molecular formula is C29H31OPS. The Balaban J connectivity index is 1.39. The summed E-state index contributed by atoms with van der Waals surface area (Å²) in [5.74, 6) is 2.06. The second kappa shape index (κ2) is 8.01. The van der Waals surface area contributed by atoms with Gasteiger partial charge in [-0.25, -0.2) is 0 Å². The lowest BCUT2D eigenvalue weighted by Gasteiger charge is -2.47. The van der Waals surface area contributed by atoms with Crippen LogP contribution in [0.25, 0.3) is 0 Å². The van der Waals surface area contributed by atoms with E-state index in [4.69, 9.17) is 4.74 Å². The molecule has 2 bridgehead atoms. The van der Waals surface area contributed by atoms with Gasteiger partial charge in [0.2, 0.25) is 0 Å². The van der Waals surface area contributed by atoms with Gasteiger partial charge in [-0.15, -0.1) is 11.8 Å². The van der Waals surface area contributed by atoms with Crippen molar-refractivity contribution in [3.05, 3.63) is 90.5 Å². The maximum Gasteiger partial charge on any atom is 0.129 e. The number of fused-ring (bicyclic) bond motifs is 1. The van der Waals surface area contributed by atoms with E-state index in [0.29, 0.717) is 16.9 Å². The van der Waals surface area contributed by atoms with E-state index in [1.54, 1.807) is 0 Å². The van der Waals surface area contributed by atoms with Gasteiger partial charge >= 0.3 is 0 Å². The van der Waals surface area contributed by atoms with Gasteiger partial charge in [0.05, 0.1) is 6.10 Å². The lowest BCUT2D eigenvalue weighted by atomic mass is 9.69. The summed E-state index contributed by atoms with van der Waals surface area (Å²) < 4.78 is 6.99. The third-order valence-corrected chi connectivity index (χ3v) is 12.5. The van der Waals surface area contributed by atoms with Gasteiger partial charge in [-0.1, -0.05) is 98.8 Å². The fraction of sp³-hybridized carbons (Fsp3) is 0.379. The van der Waals surface area contributed by atoms with Crippen LogP contribution in [0.5, 0.6) is 0 Å². The van der Waals surface area contributed by atoms with Crippen molar-refractivity contribution in [2.24, 2.45) is 16.7 Å². The van der Waals surface area contributed by atoms with Crippen LogP contribution in [0.4, 0.5) is 0 Å². The molecule has 1 saturated heterocycles. The molecule has 2 saturated carbocycles. The Morgan fingerprint density at radius 1 is 0.844 bits per heavy atom. The molecular weight excluding hydrogens is 427 g/mol. The van der Waals surface area contributed by atoms with Gasteiger partial charge in [0.25, 0.3) is 0 Å². The fourth-order valence-electron chi connectivity index (χ4n) is 6.58. The van der Waals surface area contributed by atoms with Crippen molar-refractivity contribution in [3.8, 4) is 0 Å². The van der Waals surface area contributed by atoms with Gasteiger partial charge in [-0.05, 0) is 60.0 Å². The van der Waals surface area contributed by atoms with E-state index in [1.165, 1.54) is 46.5 Å². The van der Waals surface area contributed by atoms with Crippen molar-refractivity contribution in [3.63, 3.8) is 0 Å². The highest BCUT2D eigenvalue weighted by molar-refractivity contribution is 7.99. The van der Waals surface area contributed by atoms with E-state index in [2.05, 4.69) is 111 Å². The third-order valence-electron chi connectivity index (χ3n) is 8.60. The molecule has 1 spiro atoms. The number of hydrogen-bond acceptors (Lipinski definition) is 2. The molecule has 4 atom stereocenters. The van der Waals surface area contributed by atoms with Crippen molar-refractivity contribution >= 4 is 35.6 Å². The lowest BCUT2D eigenvalue weighted by Crippen LogP contribution is -2.46. The first-order valence-electron chi connectivity index (χ1n) is 11.9. The summed E-state index contributed by atoms with van der Waals surface area (Å²) in [6.07, 6.45) is 4.40. The minimum atomic E-state index is -0.625. The van der Waals surface area contributed by atoms with Gasteiger partial charge in [0.1, 0.15) is 5.44 Å². The Hall–Kier alpha value is -1.60. The smallest absolute Gasteiger partial charge is 0.129 e. The van der Waals surface area contributed by atoms with Gasteiger partial charge in [-0.2, -0.15) is 0 Å². The topological polar surface area (TPSA) is 9.23 Å². The van der Waals surface area contributed by atoms with Crippen LogP contribution in [0.1, 0.15) is 44.1 Å². The highest BCUT2D eigenvalue weighted by atomic mass is 32.2. The predicted molar refractivity (Wildman–Crippen MR) is 139 cm³/mol. The largest absolute Gasteiger partial charge is 0.359 e. The van der Waals surface area contributed by atoms with E-state index in [-0.39, 0.29) is 5.44 Å². The fourth-order valence-corrected chi connectivity index (χ4v) is 10.9. The van der Waals surface area contributed by atoms with Crippen LogP contribution in [-0.4, -0.2) is 11.9 Å². The SMILES string of the molecule is CC1(C)[C@@H]2CC[C@]13CS[C@H](c1ccccc1P(c1ccccc1)c1ccccc1)O[C@@H]3C2. The van der Waals surface area contributed by atoms with Crippen LogP contribution in [0.2, 0.25) is 0 Å². The Labute approximate surface area is 197 Å². The van der Waals surface area contributed by atoms with E-state index in [9.17, 15) is 0 Å². The zero-order chi connectivity index (χ0) is 21.8. The average molecular weight is 459 g/mol. The molecule has 0 unspecified atom stereocenters. The van der Waals surface area contributed by atoms with Crippen LogP contribution in [-0.2, 0) is 4.74 Å². The Morgan fingerprint density at radius 2 is 1.47 bits per heavy atom. The second-order valence-electron chi connectivity index (χ2n) is 10.2. The molecule has 0 aromatic heterocycles. The zero-order valence-corrected chi connectivity index (χ0v) is 20.6. The summed E-state index contributed by atoms with van der Waals surface area (Å²) in [6, 6.07) is 31.1. The Kier molecular flexibility index (Phi) is 5.25. The van der Waals surface area contributed by atoms with Crippen molar-refractivity contribution < 1.29 is 4.74 Å². The van der Waals surface area contributed by atoms with Gasteiger partial charge in [0.15, 0.2) is 0 Å². The highest BCUT2D eigenvalue weighted by Gasteiger charge is 2.66. The highest BCUT2D eigenvalue weighted by Crippen LogP contribution is 2.70. The molecule has 3 aromatic carbocycles. The first kappa shape index (κ1) is 21.0. The zero-order valence-electron chi connectivity index (χ0n) is 18.9. The molecule has 0 amide bonds. The van der Waals surface area contributed by atoms with Crippen LogP contribution in [0.15, 0.2) is 84.9 Å². The first-order chi connectivity index (χ1) is 15.6. The molecule has 0 N–H and O–H groups in total. The van der Waals surface area contributed by atoms with Crippen LogP contribution >= 0.6 is 19.7 Å². The summed E-state index contributed by atoms with van der Waals surface area (Å²) in [6.45, 7) is 5.01. The molecule has 164 valence electrons. The summed E-state index contributed by atoms with van der Waals surface area (Å²) in [5.41, 5.74) is 2.30. The monoisotopic (exact) mass is 458 g/mol. The molecule has 3 aromatic rings. The van der Waals surface area contributed by atoms with E-state index >= 15 is 0 Å². The lowest BCUT2D eigenvalue weighted by molar-refractivity contribution is -0.0667. The summed E-state index contributed by atoms with van der Waals surface area (Å²) in [5, 5.41) is 4.25. The van der Waals surface area contributed by atoms with Crippen LogP contribution in [0, 0.1) is 16.7 Å². The van der Waals surface area contributed by atoms with Gasteiger partial charge in [0, 0.05) is 11.2 Å². The van der Waals surface area contributed by atoms with Crippen molar-refractivity contribution in [2.45, 2.75) is 44.6 Å². The maximum absolute atomic E-state index is 6.99. The molecule has 32 heavy (non-hydrogen) atoms. The van der Waals surface area contributed by atoms with Crippen molar-refractivity contribution in [2.75, 3.05) is 5.75 Å². The summed E-state index contributed by atoms with van der Waals surface area (Å²) in [7, 11) is -0.625. The molecule has 1 nitrogen and oxygen atoms in total. The number of hydrogen-bond donors (Lipinski definition) is 0. The Morgan fingerprint density at radius 3 is 2.12 bits per heavy atom. The molecule has 3 fully saturated rings. The molecule has 1 heterocycles. The molecule has 3 aliphatic rings. The number of benzene rings is 3. The van der Waals surface area contributed by atoms with Gasteiger partial charge in [-0.3, -0.25) is 0 Å². The maximum atomic E-state index is 6.99. The van der Waals surface area contributed by atoms with E-state index in [0.717, 1.165) is 5.92 Å². The summed E-state index contributed by atoms with van der Waals surface area (Å²) in [4.78, 5) is 0. The number of thioether (sulfide) groups is 1. The van der Waals surface area contributed by atoms with Crippen molar-refractivity contribution in [1.29, 1.82) is 0 Å². The van der Waals surface area contributed by atoms with Crippen LogP contribution < -0.4 is 15.9 Å². The first-order valence-corrected chi connectivity index (χ1v) is 14.3.